The second-order valence-electron chi connectivity index (χ2n) is 8.10. The first-order valence-corrected chi connectivity index (χ1v) is 11.5. The van der Waals surface area contributed by atoms with Crippen LogP contribution in [0.3, 0.4) is 0 Å². The van der Waals surface area contributed by atoms with Gasteiger partial charge in [-0.15, -0.1) is 11.8 Å². The van der Waals surface area contributed by atoms with Gasteiger partial charge >= 0.3 is 5.97 Å². The van der Waals surface area contributed by atoms with Gasteiger partial charge in [-0.2, -0.15) is 0 Å². The highest BCUT2D eigenvalue weighted by Crippen LogP contribution is 2.51. The lowest BCUT2D eigenvalue weighted by atomic mass is 9.88. The molecule has 5 rings (SSSR count). The van der Waals surface area contributed by atoms with E-state index in [2.05, 4.69) is 22.3 Å². The minimum Gasteiger partial charge on any atom is -0.497 e. The third kappa shape index (κ3) is 3.38. The minimum absolute atomic E-state index is 0.516. The fraction of sp³-hybridized carbons (Fsp3) is 0.375. The monoisotopic (exact) mass is 422 g/mol. The van der Waals surface area contributed by atoms with Crippen molar-refractivity contribution in [3.05, 3.63) is 47.5 Å². The molecule has 0 saturated carbocycles. The highest BCUT2D eigenvalue weighted by molar-refractivity contribution is 7.99. The average Bonchev–Trinajstić information content (AvgIpc) is 2.92. The molecule has 2 N–H and O–H groups in total. The van der Waals surface area contributed by atoms with Crippen molar-refractivity contribution in [2.24, 2.45) is 0 Å². The van der Waals surface area contributed by atoms with Gasteiger partial charge < -0.3 is 20.1 Å². The van der Waals surface area contributed by atoms with E-state index in [1.165, 1.54) is 35.1 Å². The second kappa shape index (κ2) is 8.00. The molecule has 156 valence electrons. The van der Waals surface area contributed by atoms with Crippen LogP contribution >= 0.6 is 11.8 Å². The van der Waals surface area contributed by atoms with E-state index in [4.69, 9.17) is 9.84 Å². The highest BCUT2D eigenvalue weighted by Gasteiger charge is 2.41. The Morgan fingerprint density at radius 2 is 2.23 bits per heavy atom. The molecule has 0 amide bonds. The topological polar surface area (TPSA) is 61.8 Å². The van der Waals surface area contributed by atoms with E-state index in [1.807, 2.05) is 30.0 Å². The normalized spacial score (nSPS) is 22.5. The van der Waals surface area contributed by atoms with E-state index in [1.54, 1.807) is 13.2 Å². The molecule has 3 aliphatic rings. The van der Waals surface area contributed by atoms with E-state index in [0.29, 0.717) is 12.0 Å². The van der Waals surface area contributed by atoms with E-state index in [0.717, 1.165) is 47.8 Å². The molecule has 0 bridgehead atoms. The molecule has 5 nitrogen and oxygen atoms in total. The third-order valence-electron chi connectivity index (χ3n) is 6.41. The first kappa shape index (κ1) is 19.5. The Morgan fingerprint density at radius 3 is 3.07 bits per heavy atom. The van der Waals surface area contributed by atoms with Crippen LogP contribution in [-0.4, -0.2) is 49.6 Å². The van der Waals surface area contributed by atoms with Gasteiger partial charge in [0.25, 0.3) is 0 Å². The molecule has 1 fully saturated rings. The van der Waals surface area contributed by atoms with Gasteiger partial charge in [0.15, 0.2) is 0 Å². The van der Waals surface area contributed by atoms with Crippen molar-refractivity contribution in [3.63, 3.8) is 0 Å². The third-order valence-corrected chi connectivity index (χ3v) is 7.53. The van der Waals surface area contributed by atoms with Gasteiger partial charge in [-0.3, -0.25) is 0 Å². The standard InChI is InChI=1S/C24H26N2O3S/c1-29-17-4-5-18(15(11-17)3-6-23(27)28)16-12-19-20-14-25-8-7-21(20)26-9-2-10-30-22(13-16)24(19)26/h3-6,11-13,20-21,25H,2,7-10,14H2,1H3,(H,27,28)/b6-3-/t20-,21-/m0/s1. The van der Waals surface area contributed by atoms with Crippen molar-refractivity contribution < 1.29 is 14.6 Å². The maximum Gasteiger partial charge on any atom is 0.328 e. The van der Waals surface area contributed by atoms with Crippen molar-refractivity contribution in [1.82, 2.24) is 5.32 Å². The van der Waals surface area contributed by atoms with Crippen LogP contribution in [0.1, 0.15) is 29.9 Å². The first-order chi connectivity index (χ1) is 14.7. The van der Waals surface area contributed by atoms with Gasteiger partial charge in [0.1, 0.15) is 5.75 Å². The molecular weight excluding hydrogens is 396 g/mol. The van der Waals surface area contributed by atoms with Crippen LogP contribution in [-0.2, 0) is 4.79 Å². The summed E-state index contributed by atoms with van der Waals surface area (Å²) in [6, 6.07) is 11.1. The quantitative estimate of drug-likeness (QED) is 0.720. The molecule has 3 heterocycles. The molecular formula is C24H26N2O3S. The highest BCUT2D eigenvalue weighted by atomic mass is 32.2. The maximum absolute atomic E-state index is 11.1. The number of rotatable bonds is 4. The van der Waals surface area contributed by atoms with Crippen LogP contribution in [0.2, 0.25) is 0 Å². The fourth-order valence-corrected chi connectivity index (χ4v) is 6.19. The predicted octanol–water partition coefficient (Wildman–Crippen LogP) is 4.22. The van der Waals surface area contributed by atoms with Crippen LogP contribution in [0.15, 0.2) is 41.3 Å². The van der Waals surface area contributed by atoms with E-state index >= 15 is 0 Å². The number of carboxylic acids is 1. The van der Waals surface area contributed by atoms with Crippen molar-refractivity contribution in [3.8, 4) is 16.9 Å². The summed E-state index contributed by atoms with van der Waals surface area (Å²) in [5.74, 6) is 1.42. The van der Waals surface area contributed by atoms with Crippen LogP contribution in [0, 0.1) is 0 Å². The number of ether oxygens (including phenoxy) is 1. The molecule has 2 aromatic carbocycles. The molecule has 30 heavy (non-hydrogen) atoms. The zero-order chi connectivity index (χ0) is 20.7. The zero-order valence-electron chi connectivity index (χ0n) is 17.1. The summed E-state index contributed by atoms with van der Waals surface area (Å²) in [5, 5.41) is 12.7. The molecule has 0 aliphatic carbocycles. The van der Waals surface area contributed by atoms with Crippen molar-refractivity contribution in [1.29, 1.82) is 0 Å². The lowest BCUT2D eigenvalue weighted by Gasteiger charge is -2.33. The molecule has 3 aliphatic heterocycles. The summed E-state index contributed by atoms with van der Waals surface area (Å²) < 4.78 is 5.38. The summed E-state index contributed by atoms with van der Waals surface area (Å²) in [5.41, 5.74) is 5.93. The first-order valence-electron chi connectivity index (χ1n) is 10.5. The van der Waals surface area contributed by atoms with Crippen molar-refractivity contribution in [2.75, 3.05) is 37.4 Å². The van der Waals surface area contributed by atoms with E-state index < -0.39 is 5.97 Å². The number of carboxylic acid groups (broad SMARTS) is 1. The van der Waals surface area contributed by atoms with Crippen molar-refractivity contribution in [2.45, 2.75) is 29.7 Å². The van der Waals surface area contributed by atoms with Gasteiger partial charge in [0, 0.05) is 36.0 Å². The van der Waals surface area contributed by atoms with Gasteiger partial charge in [-0.25, -0.2) is 4.79 Å². The van der Waals surface area contributed by atoms with Gasteiger partial charge in [0.05, 0.1) is 12.8 Å². The Balaban J connectivity index is 1.66. The minimum atomic E-state index is -0.952. The van der Waals surface area contributed by atoms with Gasteiger partial charge in [-0.1, -0.05) is 6.07 Å². The number of carbonyl (C=O) groups is 1. The van der Waals surface area contributed by atoms with Crippen LogP contribution in [0.5, 0.6) is 5.75 Å². The summed E-state index contributed by atoms with van der Waals surface area (Å²) in [6.07, 6.45) is 5.25. The number of methoxy groups -OCH3 is 1. The molecule has 2 atom stereocenters. The number of fused-ring (bicyclic) bond motifs is 3. The number of thioether (sulfide) groups is 1. The Labute approximate surface area is 181 Å². The number of piperidine rings is 1. The Hall–Kier alpha value is -2.44. The van der Waals surface area contributed by atoms with Gasteiger partial charge in [0.2, 0.25) is 0 Å². The molecule has 1 saturated heterocycles. The smallest absolute Gasteiger partial charge is 0.328 e. The Kier molecular flexibility index (Phi) is 5.21. The SMILES string of the molecule is COc1ccc(-c2cc3c4c(c2)[C@@H]2CNCC[C@@H]2N4CCCS3)c(/C=C\C(=O)O)c1. The predicted molar refractivity (Wildman–Crippen MR) is 122 cm³/mol. The summed E-state index contributed by atoms with van der Waals surface area (Å²) >= 11 is 1.95. The van der Waals surface area contributed by atoms with Crippen LogP contribution < -0.4 is 15.0 Å². The van der Waals surface area contributed by atoms with Gasteiger partial charge in [-0.05, 0) is 77.7 Å². The molecule has 0 aromatic heterocycles. The summed E-state index contributed by atoms with van der Waals surface area (Å²) in [6.45, 7) is 3.25. The fourth-order valence-electron chi connectivity index (χ4n) is 5.11. The maximum atomic E-state index is 11.1. The Bertz CT molecular complexity index is 1020. The molecule has 2 aromatic rings. The summed E-state index contributed by atoms with van der Waals surface area (Å²) in [4.78, 5) is 15.2. The number of benzene rings is 2. The summed E-state index contributed by atoms with van der Waals surface area (Å²) in [7, 11) is 1.63. The molecule has 0 unspecified atom stereocenters. The lowest BCUT2D eigenvalue weighted by molar-refractivity contribution is -0.131. The molecule has 0 radical (unpaired) electrons. The Morgan fingerprint density at radius 1 is 1.33 bits per heavy atom. The number of hydrogen-bond acceptors (Lipinski definition) is 5. The number of nitrogens with zero attached hydrogens (tertiary/aromatic N) is 1. The average molecular weight is 423 g/mol. The van der Waals surface area contributed by atoms with Crippen LogP contribution in [0.4, 0.5) is 5.69 Å². The van der Waals surface area contributed by atoms with Crippen LogP contribution in [0.25, 0.3) is 17.2 Å². The number of hydrogen-bond donors (Lipinski definition) is 2. The second-order valence-corrected chi connectivity index (χ2v) is 9.24. The lowest BCUT2D eigenvalue weighted by Crippen LogP contribution is -2.44. The van der Waals surface area contributed by atoms with Crippen molar-refractivity contribution >= 4 is 29.5 Å². The van der Waals surface area contributed by atoms with E-state index in [-0.39, 0.29) is 0 Å². The number of aliphatic carboxylic acids is 1. The largest absolute Gasteiger partial charge is 0.497 e. The zero-order valence-corrected chi connectivity index (χ0v) is 17.9. The number of nitrogens with one attached hydrogen (secondary N) is 1. The molecule has 0 spiro atoms. The number of anilines is 1. The molecule has 6 heteroatoms. The van der Waals surface area contributed by atoms with E-state index in [9.17, 15) is 4.79 Å².